The quantitative estimate of drug-likeness (QED) is 0.457. The van der Waals surface area contributed by atoms with Crippen molar-refractivity contribution < 1.29 is 14.1 Å². The molecule has 3 aromatic carbocycles. The summed E-state index contributed by atoms with van der Waals surface area (Å²) in [4.78, 5) is 13.7. The SMILES string of the molecule is CS(=O)c1ccc2sc(C(=O)NC=C(c3ccccc3)c3ccccc3)c(O)c2c1. The number of nitrogens with one attached hydrogen (secondary N) is 1. The fourth-order valence-electron chi connectivity index (χ4n) is 3.17. The lowest BCUT2D eigenvalue weighted by Gasteiger charge is -2.09. The summed E-state index contributed by atoms with van der Waals surface area (Å²) in [5.41, 5.74) is 2.81. The molecule has 0 bridgehead atoms. The van der Waals surface area contributed by atoms with Crippen LogP contribution >= 0.6 is 11.3 Å². The summed E-state index contributed by atoms with van der Waals surface area (Å²) >= 11 is 1.21. The molecule has 150 valence electrons. The number of fused-ring (bicyclic) bond motifs is 1. The van der Waals surface area contributed by atoms with E-state index in [0.29, 0.717) is 10.3 Å². The molecule has 0 fully saturated rings. The second-order valence-electron chi connectivity index (χ2n) is 6.66. The van der Waals surface area contributed by atoms with Gasteiger partial charge in [-0.2, -0.15) is 0 Å². The normalized spacial score (nSPS) is 11.8. The van der Waals surface area contributed by atoms with E-state index in [1.807, 2.05) is 60.7 Å². The van der Waals surface area contributed by atoms with Crippen molar-refractivity contribution in [2.24, 2.45) is 0 Å². The van der Waals surface area contributed by atoms with Gasteiger partial charge in [0.2, 0.25) is 0 Å². The second kappa shape index (κ2) is 8.65. The molecule has 6 heteroatoms. The first kappa shape index (κ1) is 20.1. The van der Waals surface area contributed by atoms with Crippen LogP contribution in [0.4, 0.5) is 0 Å². The van der Waals surface area contributed by atoms with Gasteiger partial charge in [0, 0.05) is 43.8 Å². The van der Waals surface area contributed by atoms with Gasteiger partial charge in [-0.05, 0) is 29.3 Å². The van der Waals surface area contributed by atoms with E-state index in [9.17, 15) is 14.1 Å². The molecule has 1 aromatic heterocycles. The van der Waals surface area contributed by atoms with Crippen LogP contribution in [-0.4, -0.2) is 21.5 Å². The maximum atomic E-state index is 12.9. The highest BCUT2D eigenvalue weighted by atomic mass is 32.2. The van der Waals surface area contributed by atoms with E-state index in [-0.39, 0.29) is 10.6 Å². The summed E-state index contributed by atoms with van der Waals surface area (Å²) in [7, 11) is -1.16. The summed E-state index contributed by atoms with van der Waals surface area (Å²) in [5.74, 6) is -0.480. The van der Waals surface area contributed by atoms with Crippen molar-refractivity contribution in [1.29, 1.82) is 0 Å². The van der Waals surface area contributed by atoms with Gasteiger partial charge in [0.25, 0.3) is 5.91 Å². The van der Waals surface area contributed by atoms with Crippen molar-refractivity contribution in [3.05, 3.63) is 101 Å². The number of carbonyl (C=O) groups excluding carboxylic acids is 1. The van der Waals surface area contributed by atoms with Crippen LogP contribution in [0.2, 0.25) is 0 Å². The Hall–Kier alpha value is -3.22. The first-order valence-corrected chi connectivity index (χ1v) is 11.6. The molecule has 1 atom stereocenters. The molecule has 0 aliphatic carbocycles. The van der Waals surface area contributed by atoms with Crippen LogP contribution in [0.3, 0.4) is 0 Å². The van der Waals surface area contributed by atoms with Crippen LogP contribution in [0.15, 0.2) is 90.0 Å². The minimum absolute atomic E-state index is 0.0887. The van der Waals surface area contributed by atoms with E-state index >= 15 is 0 Å². The Bertz CT molecular complexity index is 1220. The Morgan fingerprint density at radius 3 is 2.13 bits per heavy atom. The first-order chi connectivity index (χ1) is 14.5. The van der Waals surface area contributed by atoms with Gasteiger partial charge in [-0.15, -0.1) is 11.3 Å². The van der Waals surface area contributed by atoms with Crippen molar-refractivity contribution >= 4 is 43.7 Å². The largest absolute Gasteiger partial charge is 0.506 e. The highest BCUT2D eigenvalue weighted by Crippen LogP contribution is 2.37. The zero-order chi connectivity index (χ0) is 21.1. The van der Waals surface area contributed by atoms with E-state index in [2.05, 4.69) is 5.32 Å². The molecule has 1 heterocycles. The second-order valence-corrected chi connectivity index (χ2v) is 9.09. The molecule has 0 aliphatic heterocycles. The van der Waals surface area contributed by atoms with Crippen molar-refractivity contribution in [3.63, 3.8) is 0 Å². The molecular formula is C24H19NO3S2. The van der Waals surface area contributed by atoms with Gasteiger partial charge in [0.05, 0.1) is 0 Å². The minimum Gasteiger partial charge on any atom is -0.506 e. The van der Waals surface area contributed by atoms with Gasteiger partial charge in [0.15, 0.2) is 0 Å². The fourth-order valence-corrected chi connectivity index (χ4v) is 4.69. The number of carbonyl (C=O) groups is 1. The molecule has 1 unspecified atom stereocenters. The topological polar surface area (TPSA) is 66.4 Å². The number of amides is 1. The molecule has 0 saturated carbocycles. The van der Waals surface area contributed by atoms with Gasteiger partial charge >= 0.3 is 0 Å². The minimum atomic E-state index is -1.16. The number of hydrogen-bond donors (Lipinski definition) is 2. The highest BCUT2D eigenvalue weighted by molar-refractivity contribution is 7.84. The summed E-state index contributed by atoms with van der Waals surface area (Å²) in [5, 5.41) is 14.0. The van der Waals surface area contributed by atoms with Crippen molar-refractivity contribution in [3.8, 4) is 5.75 Å². The van der Waals surface area contributed by atoms with Crippen LogP contribution in [0, 0.1) is 0 Å². The lowest BCUT2D eigenvalue weighted by atomic mass is 9.99. The zero-order valence-corrected chi connectivity index (χ0v) is 17.8. The molecule has 0 aliphatic rings. The fraction of sp³-hybridized carbons (Fsp3) is 0.0417. The summed E-state index contributed by atoms with van der Waals surface area (Å²) in [6, 6.07) is 24.8. The molecule has 4 nitrogen and oxygen atoms in total. The lowest BCUT2D eigenvalue weighted by Crippen LogP contribution is -2.16. The summed E-state index contributed by atoms with van der Waals surface area (Å²) in [6.07, 6.45) is 3.25. The highest BCUT2D eigenvalue weighted by Gasteiger charge is 2.18. The van der Waals surface area contributed by atoms with Crippen LogP contribution in [0.1, 0.15) is 20.8 Å². The Balaban J connectivity index is 1.69. The molecule has 0 saturated heterocycles. The molecule has 30 heavy (non-hydrogen) atoms. The first-order valence-electron chi connectivity index (χ1n) is 9.25. The smallest absolute Gasteiger partial charge is 0.269 e. The Kier molecular flexibility index (Phi) is 5.79. The molecular weight excluding hydrogens is 414 g/mol. The third-order valence-corrected chi connectivity index (χ3v) is 6.77. The number of thiophene rings is 1. The van der Waals surface area contributed by atoms with E-state index in [1.165, 1.54) is 11.3 Å². The van der Waals surface area contributed by atoms with E-state index < -0.39 is 16.7 Å². The maximum Gasteiger partial charge on any atom is 0.269 e. The standard InChI is InChI=1S/C24H19NO3S2/c1-30(28)18-12-13-21-19(14-18)22(26)23(29-21)24(27)25-15-20(16-8-4-2-5-9-16)17-10-6-3-7-11-17/h2-15,26H,1H3,(H,25,27). The number of hydrogen-bond acceptors (Lipinski definition) is 4. The number of rotatable bonds is 5. The average molecular weight is 434 g/mol. The van der Waals surface area contributed by atoms with Crippen LogP contribution in [-0.2, 0) is 10.8 Å². The van der Waals surface area contributed by atoms with Gasteiger partial charge in [0.1, 0.15) is 10.6 Å². The van der Waals surface area contributed by atoms with Gasteiger partial charge in [-0.25, -0.2) is 0 Å². The maximum absolute atomic E-state index is 12.9. The van der Waals surface area contributed by atoms with Crippen LogP contribution in [0.25, 0.3) is 15.7 Å². The number of aromatic hydroxyl groups is 1. The monoisotopic (exact) mass is 433 g/mol. The molecule has 4 aromatic rings. The van der Waals surface area contributed by atoms with Crippen LogP contribution < -0.4 is 5.32 Å². The predicted molar refractivity (Wildman–Crippen MR) is 123 cm³/mol. The Labute approximate surface area is 181 Å². The number of benzene rings is 3. The van der Waals surface area contributed by atoms with E-state index in [0.717, 1.165) is 21.4 Å². The van der Waals surface area contributed by atoms with Gasteiger partial charge < -0.3 is 10.4 Å². The van der Waals surface area contributed by atoms with Gasteiger partial charge in [-0.1, -0.05) is 60.7 Å². The molecule has 0 spiro atoms. The molecule has 2 N–H and O–H groups in total. The van der Waals surface area contributed by atoms with Crippen molar-refractivity contribution in [1.82, 2.24) is 5.32 Å². The third-order valence-electron chi connectivity index (χ3n) is 4.69. The van der Waals surface area contributed by atoms with Crippen molar-refractivity contribution in [2.75, 3.05) is 6.26 Å². The zero-order valence-electron chi connectivity index (χ0n) is 16.2. The van der Waals surface area contributed by atoms with Gasteiger partial charge in [-0.3, -0.25) is 9.00 Å². The summed E-state index contributed by atoms with van der Waals surface area (Å²) < 4.78 is 12.5. The third kappa shape index (κ3) is 4.06. The Morgan fingerprint density at radius 1 is 0.967 bits per heavy atom. The molecule has 4 rings (SSSR count). The van der Waals surface area contributed by atoms with Crippen LogP contribution in [0.5, 0.6) is 5.75 Å². The van der Waals surface area contributed by atoms with E-state index in [1.54, 1.807) is 30.7 Å². The Morgan fingerprint density at radius 2 is 1.57 bits per heavy atom. The molecule has 0 radical (unpaired) electrons. The lowest BCUT2D eigenvalue weighted by molar-refractivity contribution is 0.0972. The average Bonchev–Trinajstić information content (AvgIpc) is 3.11. The van der Waals surface area contributed by atoms with E-state index in [4.69, 9.17) is 0 Å². The predicted octanol–water partition coefficient (Wildman–Crippen LogP) is 5.16. The van der Waals surface area contributed by atoms with Crippen molar-refractivity contribution in [2.45, 2.75) is 4.90 Å². The summed E-state index contributed by atoms with van der Waals surface area (Å²) in [6.45, 7) is 0. The molecule has 1 amide bonds.